The van der Waals surface area contributed by atoms with Crippen LogP contribution < -0.4 is 11.1 Å². The SMILES string of the molecule is CCCC(C)(N)C(=O)Nc1nc(-c2ccccc2C)cs1. The standard InChI is InChI=1S/C16H21N3OS/c1-4-9-16(3,17)14(20)19-15-18-13(10-21-15)12-8-6-5-7-11(12)2/h5-8,10H,4,9,17H2,1-3H3,(H,18,19,20). The van der Waals surface area contributed by atoms with E-state index in [0.29, 0.717) is 11.6 Å². The number of nitrogens with two attached hydrogens (primary N) is 1. The Balaban J connectivity index is 2.14. The molecular weight excluding hydrogens is 282 g/mol. The van der Waals surface area contributed by atoms with Gasteiger partial charge in [0.05, 0.1) is 11.2 Å². The van der Waals surface area contributed by atoms with Gasteiger partial charge in [-0.25, -0.2) is 4.98 Å². The minimum atomic E-state index is -0.858. The number of rotatable bonds is 5. The van der Waals surface area contributed by atoms with Gasteiger partial charge in [0.1, 0.15) is 0 Å². The van der Waals surface area contributed by atoms with Gasteiger partial charge in [0, 0.05) is 10.9 Å². The van der Waals surface area contributed by atoms with E-state index in [4.69, 9.17) is 5.73 Å². The number of carbonyl (C=O) groups is 1. The lowest BCUT2D eigenvalue weighted by Gasteiger charge is -2.21. The second kappa shape index (κ2) is 6.37. The number of thiazole rings is 1. The monoisotopic (exact) mass is 303 g/mol. The van der Waals surface area contributed by atoms with Crippen molar-refractivity contribution in [1.29, 1.82) is 0 Å². The van der Waals surface area contributed by atoms with Gasteiger partial charge in [-0.1, -0.05) is 37.6 Å². The first-order valence-corrected chi connectivity index (χ1v) is 7.94. The average Bonchev–Trinajstić information content (AvgIpc) is 2.87. The lowest BCUT2D eigenvalue weighted by molar-refractivity contribution is -0.120. The van der Waals surface area contributed by atoms with Gasteiger partial charge in [-0.3, -0.25) is 4.79 Å². The van der Waals surface area contributed by atoms with E-state index < -0.39 is 5.54 Å². The van der Waals surface area contributed by atoms with Crippen molar-refractivity contribution in [3.63, 3.8) is 0 Å². The summed E-state index contributed by atoms with van der Waals surface area (Å²) in [4.78, 5) is 16.7. The third kappa shape index (κ3) is 3.68. The molecule has 0 saturated heterocycles. The van der Waals surface area contributed by atoms with Crippen LogP contribution in [0.2, 0.25) is 0 Å². The number of aryl methyl sites for hydroxylation is 1. The zero-order valence-electron chi connectivity index (χ0n) is 12.6. The van der Waals surface area contributed by atoms with Gasteiger partial charge < -0.3 is 11.1 Å². The lowest BCUT2D eigenvalue weighted by Crippen LogP contribution is -2.48. The number of aromatic nitrogens is 1. The van der Waals surface area contributed by atoms with Gasteiger partial charge in [0.15, 0.2) is 5.13 Å². The molecule has 4 nitrogen and oxygen atoms in total. The predicted molar refractivity (Wildman–Crippen MR) is 88.4 cm³/mol. The molecule has 0 saturated carbocycles. The number of nitrogens with one attached hydrogen (secondary N) is 1. The first-order valence-electron chi connectivity index (χ1n) is 7.06. The summed E-state index contributed by atoms with van der Waals surface area (Å²) in [6.07, 6.45) is 1.52. The highest BCUT2D eigenvalue weighted by Gasteiger charge is 2.27. The third-order valence-corrected chi connectivity index (χ3v) is 4.19. The molecule has 0 fully saturated rings. The van der Waals surface area contributed by atoms with Crippen molar-refractivity contribution >= 4 is 22.4 Å². The van der Waals surface area contributed by atoms with Crippen LogP contribution in [0.3, 0.4) is 0 Å². The van der Waals surface area contributed by atoms with Crippen LogP contribution in [-0.2, 0) is 4.79 Å². The summed E-state index contributed by atoms with van der Waals surface area (Å²) in [5, 5.41) is 5.36. The topological polar surface area (TPSA) is 68.0 Å². The van der Waals surface area contributed by atoms with Crippen LogP contribution in [0.15, 0.2) is 29.6 Å². The van der Waals surface area contributed by atoms with Crippen molar-refractivity contribution in [1.82, 2.24) is 4.98 Å². The Kier molecular flexibility index (Phi) is 4.75. The van der Waals surface area contributed by atoms with Gasteiger partial charge in [-0.2, -0.15) is 0 Å². The van der Waals surface area contributed by atoms with E-state index in [1.54, 1.807) is 6.92 Å². The fourth-order valence-corrected chi connectivity index (χ4v) is 2.89. The molecule has 2 aromatic rings. The summed E-state index contributed by atoms with van der Waals surface area (Å²) in [5.41, 5.74) is 8.29. The van der Waals surface area contributed by atoms with Gasteiger partial charge in [-0.05, 0) is 25.8 Å². The van der Waals surface area contributed by atoms with Crippen LogP contribution in [0.25, 0.3) is 11.3 Å². The molecule has 1 heterocycles. The number of nitrogens with zero attached hydrogens (tertiary/aromatic N) is 1. The van der Waals surface area contributed by atoms with E-state index in [2.05, 4.69) is 10.3 Å². The van der Waals surface area contributed by atoms with Gasteiger partial charge >= 0.3 is 0 Å². The summed E-state index contributed by atoms with van der Waals surface area (Å²) >= 11 is 1.42. The normalized spacial score (nSPS) is 13.7. The average molecular weight is 303 g/mol. The molecule has 2 rings (SSSR count). The molecule has 1 atom stereocenters. The van der Waals surface area contributed by atoms with E-state index in [1.165, 1.54) is 11.3 Å². The van der Waals surface area contributed by atoms with Crippen LogP contribution in [0.4, 0.5) is 5.13 Å². The number of hydrogen-bond acceptors (Lipinski definition) is 4. The largest absolute Gasteiger partial charge is 0.318 e. The second-order valence-corrected chi connectivity index (χ2v) is 6.33. The second-order valence-electron chi connectivity index (χ2n) is 5.47. The Bertz CT molecular complexity index is 634. The summed E-state index contributed by atoms with van der Waals surface area (Å²) in [6, 6.07) is 8.06. The Morgan fingerprint density at radius 3 is 2.81 bits per heavy atom. The molecule has 0 spiro atoms. The number of hydrogen-bond donors (Lipinski definition) is 2. The molecular formula is C16H21N3OS. The van der Waals surface area contributed by atoms with Crippen LogP contribution in [0, 0.1) is 6.92 Å². The molecule has 0 aliphatic rings. The molecule has 112 valence electrons. The van der Waals surface area contributed by atoms with Crippen molar-refractivity contribution in [2.45, 2.75) is 39.2 Å². The van der Waals surface area contributed by atoms with E-state index in [9.17, 15) is 4.79 Å². The minimum Gasteiger partial charge on any atom is -0.318 e. The maximum atomic E-state index is 12.2. The quantitative estimate of drug-likeness (QED) is 0.887. The number of amides is 1. The van der Waals surface area contributed by atoms with Crippen molar-refractivity contribution in [3.8, 4) is 11.3 Å². The summed E-state index contributed by atoms with van der Waals surface area (Å²) in [6.45, 7) is 5.81. The van der Waals surface area contributed by atoms with Crippen LogP contribution >= 0.6 is 11.3 Å². The molecule has 0 radical (unpaired) electrons. The summed E-state index contributed by atoms with van der Waals surface area (Å²) < 4.78 is 0. The highest BCUT2D eigenvalue weighted by atomic mass is 32.1. The Hall–Kier alpha value is -1.72. The minimum absolute atomic E-state index is 0.185. The number of benzene rings is 1. The molecule has 0 aliphatic carbocycles. The Labute approximate surface area is 129 Å². The van der Waals surface area contributed by atoms with Gasteiger partial charge in [0.25, 0.3) is 0 Å². The van der Waals surface area contributed by atoms with Crippen LogP contribution in [0.5, 0.6) is 0 Å². The smallest absolute Gasteiger partial charge is 0.245 e. The molecule has 1 aromatic carbocycles. The lowest BCUT2D eigenvalue weighted by atomic mass is 9.97. The molecule has 0 bridgehead atoms. The zero-order valence-corrected chi connectivity index (χ0v) is 13.5. The van der Waals surface area contributed by atoms with Crippen LogP contribution in [0.1, 0.15) is 32.3 Å². The highest BCUT2D eigenvalue weighted by molar-refractivity contribution is 7.14. The molecule has 1 unspecified atom stereocenters. The fraction of sp³-hybridized carbons (Fsp3) is 0.375. The first-order chi connectivity index (χ1) is 9.94. The van der Waals surface area contributed by atoms with Gasteiger partial charge in [-0.15, -0.1) is 11.3 Å². The summed E-state index contributed by atoms with van der Waals surface area (Å²) in [7, 11) is 0. The van der Waals surface area contributed by atoms with E-state index in [0.717, 1.165) is 23.2 Å². The van der Waals surface area contributed by atoms with E-state index in [1.807, 2.05) is 43.5 Å². The molecule has 21 heavy (non-hydrogen) atoms. The summed E-state index contributed by atoms with van der Waals surface area (Å²) in [5.74, 6) is -0.185. The number of carbonyl (C=O) groups excluding carboxylic acids is 1. The van der Waals surface area contributed by atoms with Crippen molar-refractivity contribution in [3.05, 3.63) is 35.2 Å². The predicted octanol–water partition coefficient (Wildman–Crippen LogP) is 3.57. The van der Waals surface area contributed by atoms with Gasteiger partial charge in [0.2, 0.25) is 5.91 Å². The molecule has 0 aliphatic heterocycles. The molecule has 3 N–H and O–H groups in total. The molecule has 1 aromatic heterocycles. The van der Waals surface area contributed by atoms with Crippen LogP contribution in [-0.4, -0.2) is 16.4 Å². The highest BCUT2D eigenvalue weighted by Crippen LogP contribution is 2.27. The molecule has 1 amide bonds. The molecule has 5 heteroatoms. The maximum absolute atomic E-state index is 12.2. The van der Waals surface area contributed by atoms with Crippen molar-refractivity contribution < 1.29 is 4.79 Å². The van der Waals surface area contributed by atoms with E-state index >= 15 is 0 Å². The Morgan fingerprint density at radius 2 is 2.14 bits per heavy atom. The Morgan fingerprint density at radius 1 is 1.43 bits per heavy atom. The van der Waals surface area contributed by atoms with E-state index in [-0.39, 0.29) is 5.91 Å². The zero-order chi connectivity index (χ0) is 15.5. The maximum Gasteiger partial charge on any atom is 0.245 e. The van der Waals surface area contributed by atoms with Crippen molar-refractivity contribution in [2.24, 2.45) is 5.73 Å². The third-order valence-electron chi connectivity index (χ3n) is 3.43. The first kappa shape index (κ1) is 15.7. The van der Waals surface area contributed by atoms with Crippen molar-refractivity contribution in [2.75, 3.05) is 5.32 Å². The fourth-order valence-electron chi connectivity index (χ4n) is 2.19. The number of anilines is 1.